The van der Waals surface area contributed by atoms with Gasteiger partial charge in [0, 0.05) is 33.7 Å². The molecule has 1 aliphatic rings. The van der Waals surface area contributed by atoms with E-state index in [4.69, 9.17) is 5.11 Å². The van der Waals surface area contributed by atoms with Gasteiger partial charge in [-0.25, -0.2) is 4.79 Å². The second kappa shape index (κ2) is 8.09. The maximum Gasteiger partial charge on any atom is 0.319 e. The van der Waals surface area contributed by atoms with Gasteiger partial charge in [0.15, 0.2) is 0 Å². The smallest absolute Gasteiger partial charge is 0.319 e. The Morgan fingerprint density at radius 3 is 2.75 bits per heavy atom. The van der Waals surface area contributed by atoms with Crippen molar-refractivity contribution in [2.24, 2.45) is 5.92 Å². The van der Waals surface area contributed by atoms with Gasteiger partial charge >= 0.3 is 6.03 Å². The van der Waals surface area contributed by atoms with Crippen LogP contribution in [0.5, 0.6) is 0 Å². The van der Waals surface area contributed by atoms with Crippen LogP contribution >= 0.6 is 0 Å². The average molecular weight is 285 g/mol. The van der Waals surface area contributed by atoms with E-state index in [1.165, 1.54) is 0 Å². The lowest BCUT2D eigenvalue weighted by Crippen LogP contribution is -2.48. The van der Waals surface area contributed by atoms with Crippen LogP contribution in [0.2, 0.25) is 0 Å². The molecule has 3 amide bonds. The predicted octanol–water partition coefficient (Wildman–Crippen LogP) is 0.657. The second-order valence-electron chi connectivity index (χ2n) is 5.74. The van der Waals surface area contributed by atoms with E-state index in [9.17, 15) is 9.59 Å². The van der Waals surface area contributed by atoms with Crippen molar-refractivity contribution in [1.82, 2.24) is 15.1 Å². The minimum Gasteiger partial charge on any atom is -0.393 e. The number of nitrogens with one attached hydrogen (secondary N) is 1. The van der Waals surface area contributed by atoms with Crippen LogP contribution in [0.15, 0.2) is 0 Å². The zero-order valence-corrected chi connectivity index (χ0v) is 12.8. The molecule has 6 heteroatoms. The van der Waals surface area contributed by atoms with Gasteiger partial charge in [-0.05, 0) is 32.6 Å². The van der Waals surface area contributed by atoms with Crippen LogP contribution in [0, 0.1) is 5.92 Å². The summed E-state index contributed by atoms with van der Waals surface area (Å²) in [6, 6.07) is -0.0309. The normalized spacial score (nSPS) is 20.4. The van der Waals surface area contributed by atoms with Crippen molar-refractivity contribution < 1.29 is 14.7 Å². The molecular formula is C14H27N3O3. The Hall–Kier alpha value is -1.30. The molecule has 0 saturated carbocycles. The van der Waals surface area contributed by atoms with E-state index in [0.29, 0.717) is 19.5 Å². The van der Waals surface area contributed by atoms with Gasteiger partial charge in [-0.3, -0.25) is 4.79 Å². The molecule has 1 saturated heterocycles. The average Bonchev–Trinajstić information content (AvgIpc) is 2.42. The molecule has 0 aliphatic carbocycles. The molecule has 0 aromatic heterocycles. The summed E-state index contributed by atoms with van der Waals surface area (Å²) in [4.78, 5) is 27.2. The molecule has 2 atom stereocenters. The first kappa shape index (κ1) is 16.8. The summed E-state index contributed by atoms with van der Waals surface area (Å²) in [5.41, 5.74) is 0. The van der Waals surface area contributed by atoms with Crippen molar-refractivity contribution in [3.63, 3.8) is 0 Å². The second-order valence-corrected chi connectivity index (χ2v) is 5.74. The van der Waals surface area contributed by atoms with E-state index in [0.717, 1.165) is 25.8 Å². The third-order valence-electron chi connectivity index (χ3n) is 3.54. The van der Waals surface area contributed by atoms with E-state index in [-0.39, 0.29) is 24.0 Å². The lowest BCUT2D eigenvalue weighted by Gasteiger charge is -2.33. The number of urea groups is 1. The highest BCUT2D eigenvalue weighted by Gasteiger charge is 2.28. The van der Waals surface area contributed by atoms with E-state index in [2.05, 4.69) is 5.32 Å². The molecule has 1 rings (SSSR count). The van der Waals surface area contributed by atoms with Crippen LogP contribution in [-0.4, -0.2) is 66.7 Å². The van der Waals surface area contributed by atoms with Crippen molar-refractivity contribution in [2.75, 3.05) is 33.7 Å². The molecule has 1 heterocycles. The fourth-order valence-electron chi connectivity index (χ4n) is 2.40. The molecule has 6 nitrogen and oxygen atoms in total. The summed E-state index contributed by atoms with van der Waals surface area (Å²) in [5.74, 6) is -0.0916. The topological polar surface area (TPSA) is 72.9 Å². The molecule has 1 fully saturated rings. The Labute approximate surface area is 121 Å². The molecule has 1 aliphatic heterocycles. The molecule has 0 aromatic carbocycles. The number of amides is 3. The first-order chi connectivity index (χ1) is 9.41. The lowest BCUT2D eigenvalue weighted by molar-refractivity contribution is -0.126. The maximum absolute atomic E-state index is 12.1. The van der Waals surface area contributed by atoms with Crippen LogP contribution in [0.3, 0.4) is 0 Å². The Kier molecular flexibility index (Phi) is 6.78. The van der Waals surface area contributed by atoms with Gasteiger partial charge in [0.25, 0.3) is 0 Å². The van der Waals surface area contributed by atoms with Crippen molar-refractivity contribution >= 4 is 11.9 Å². The summed E-state index contributed by atoms with van der Waals surface area (Å²) in [6.45, 7) is 3.55. The number of aliphatic hydroxyl groups excluding tert-OH is 1. The van der Waals surface area contributed by atoms with E-state index >= 15 is 0 Å². The number of rotatable bonds is 5. The van der Waals surface area contributed by atoms with Crippen LogP contribution in [-0.2, 0) is 4.79 Å². The van der Waals surface area contributed by atoms with Crippen LogP contribution in [0.25, 0.3) is 0 Å². The molecule has 0 spiro atoms. The Morgan fingerprint density at radius 2 is 2.15 bits per heavy atom. The van der Waals surface area contributed by atoms with Crippen LogP contribution in [0.1, 0.15) is 32.6 Å². The molecule has 116 valence electrons. The van der Waals surface area contributed by atoms with E-state index in [1.807, 2.05) is 0 Å². The highest BCUT2D eigenvalue weighted by Crippen LogP contribution is 2.17. The maximum atomic E-state index is 12.1. The number of hydrogen-bond acceptors (Lipinski definition) is 3. The molecule has 2 N–H and O–H groups in total. The van der Waals surface area contributed by atoms with Gasteiger partial charge in [0.05, 0.1) is 12.0 Å². The fraction of sp³-hybridized carbons (Fsp3) is 0.857. The molecule has 0 bridgehead atoms. The summed E-state index contributed by atoms with van der Waals surface area (Å²) >= 11 is 0. The van der Waals surface area contributed by atoms with Gasteiger partial charge in [0.1, 0.15) is 0 Å². The minimum absolute atomic E-state index is 0.0202. The molecule has 20 heavy (non-hydrogen) atoms. The van der Waals surface area contributed by atoms with E-state index < -0.39 is 0 Å². The summed E-state index contributed by atoms with van der Waals surface area (Å²) < 4.78 is 0. The van der Waals surface area contributed by atoms with Crippen molar-refractivity contribution in [2.45, 2.75) is 38.7 Å². The summed E-state index contributed by atoms with van der Waals surface area (Å²) in [6.07, 6.45) is 2.84. The van der Waals surface area contributed by atoms with Crippen molar-refractivity contribution in [3.8, 4) is 0 Å². The largest absolute Gasteiger partial charge is 0.393 e. The zero-order chi connectivity index (χ0) is 15.1. The SMILES string of the molecule is CC(O)CCCNC(=O)C1CCCN(C(=O)N(C)C)C1. The number of aliphatic hydroxyl groups is 1. The Balaban J connectivity index is 2.35. The molecular weight excluding hydrogens is 258 g/mol. The first-order valence-electron chi connectivity index (χ1n) is 7.33. The number of carbonyl (C=O) groups excluding carboxylic acids is 2. The predicted molar refractivity (Wildman–Crippen MR) is 77.3 cm³/mol. The minimum atomic E-state index is -0.324. The molecule has 2 unspecified atom stereocenters. The molecule has 0 radical (unpaired) electrons. The van der Waals surface area contributed by atoms with Crippen LogP contribution in [0.4, 0.5) is 4.79 Å². The Morgan fingerprint density at radius 1 is 1.45 bits per heavy atom. The summed E-state index contributed by atoms with van der Waals surface area (Å²) in [5, 5.41) is 12.0. The quantitative estimate of drug-likeness (QED) is 0.729. The zero-order valence-electron chi connectivity index (χ0n) is 12.8. The number of nitrogens with zero attached hydrogens (tertiary/aromatic N) is 2. The summed E-state index contributed by atoms with van der Waals surface area (Å²) in [7, 11) is 3.45. The lowest BCUT2D eigenvalue weighted by atomic mass is 9.97. The van der Waals surface area contributed by atoms with Crippen molar-refractivity contribution in [1.29, 1.82) is 0 Å². The van der Waals surface area contributed by atoms with Crippen LogP contribution < -0.4 is 5.32 Å². The number of carbonyl (C=O) groups is 2. The highest BCUT2D eigenvalue weighted by atomic mass is 16.3. The molecule has 0 aromatic rings. The fourth-order valence-corrected chi connectivity index (χ4v) is 2.40. The third-order valence-corrected chi connectivity index (χ3v) is 3.54. The van der Waals surface area contributed by atoms with Gasteiger partial charge in [-0.2, -0.15) is 0 Å². The number of piperidine rings is 1. The standard InChI is InChI=1S/C14H27N3O3/c1-11(18)6-4-8-15-13(19)12-7-5-9-17(10-12)14(20)16(2)3/h11-12,18H,4-10H2,1-3H3,(H,15,19). The van der Waals surface area contributed by atoms with Gasteiger partial charge in [0.2, 0.25) is 5.91 Å². The van der Waals surface area contributed by atoms with Gasteiger partial charge < -0.3 is 20.2 Å². The van der Waals surface area contributed by atoms with E-state index in [1.54, 1.807) is 30.8 Å². The van der Waals surface area contributed by atoms with Crippen molar-refractivity contribution in [3.05, 3.63) is 0 Å². The highest BCUT2D eigenvalue weighted by molar-refractivity contribution is 5.80. The monoisotopic (exact) mass is 285 g/mol. The first-order valence-corrected chi connectivity index (χ1v) is 7.33. The van der Waals surface area contributed by atoms with Gasteiger partial charge in [-0.1, -0.05) is 0 Å². The third kappa shape index (κ3) is 5.36. The Bertz CT molecular complexity index is 332. The van der Waals surface area contributed by atoms with Gasteiger partial charge in [-0.15, -0.1) is 0 Å². The number of likely N-dealkylation sites (tertiary alicyclic amines) is 1. The number of hydrogen-bond donors (Lipinski definition) is 2.